The maximum Gasteiger partial charge on any atom is 0.141 e. The Balaban J connectivity index is 1.71. The summed E-state index contributed by atoms with van der Waals surface area (Å²) in [7, 11) is 2.13. The molecule has 3 heterocycles. The summed E-state index contributed by atoms with van der Waals surface area (Å²) >= 11 is 0. The zero-order valence-electron chi connectivity index (χ0n) is 21.6. The fraction of sp³-hybridized carbons (Fsp3) is 0.286. The number of aromatic nitrogens is 3. The molecule has 0 radical (unpaired) electrons. The Kier molecular flexibility index (Phi) is 7.83. The predicted octanol–water partition coefficient (Wildman–Crippen LogP) is 4.22. The van der Waals surface area contributed by atoms with Gasteiger partial charge in [-0.25, -0.2) is 15.0 Å². The van der Waals surface area contributed by atoms with Crippen LogP contribution < -0.4 is 16.0 Å². The number of aryl methyl sites for hydroxylation is 1. The molecule has 0 saturated carbocycles. The van der Waals surface area contributed by atoms with Crippen molar-refractivity contribution < 1.29 is 5.11 Å². The van der Waals surface area contributed by atoms with Gasteiger partial charge >= 0.3 is 0 Å². The first-order valence-electron chi connectivity index (χ1n) is 12.3. The van der Waals surface area contributed by atoms with Crippen molar-refractivity contribution in [3.05, 3.63) is 83.4 Å². The monoisotopic (exact) mass is 498 g/mol. The number of nitrogens with one attached hydrogen (secondary N) is 2. The third-order valence-electron chi connectivity index (χ3n) is 6.59. The van der Waals surface area contributed by atoms with Crippen LogP contribution in [-0.2, 0) is 6.54 Å². The van der Waals surface area contributed by atoms with Crippen LogP contribution >= 0.6 is 0 Å². The average molecular weight is 499 g/mol. The molecule has 0 bridgehead atoms. The largest absolute Gasteiger partial charge is 0.508 e. The molecule has 192 valence electrons. The number of fused-ring (bicyclic) bond motifs is 1. The van der Waals surface area contributed by atoms with Crippen molar-refractivity contribution in [2.75, 3.05) is 49.2 Å². The van der Waals surface area contributed by atoms with Gasteiger partial charge in [0.2, 0.25) is 0 Å². The van der Waals surface area contributed by atoms with Gasteiger partial charge < -0.3 is 26.0 Å². The second-order valence-electron chi connectivity index (χ2n) is 9.14. The molecule has 1 saturated heterocycles. The summed E-state index contributed by atoms with van der Waals surface area (Å²) in [5.74, 6) is 1.57. The van der Waals surface area contributed by atoms with E-state index in [0.29, 0.717) is 23.5 Å². The summed E-state index contributed by atoms with van der Waals surface area (Å²) in [5.41, 5.74) is 10.2. The van der Waals surface area contributed by atoms with Crippen LogP contribution in [0.25, 0.3) is 10.9 Å². The molecule has 37 heavy (non-hydrogen) atoms. The standard InChI is InChI=1S/C28H34N8O/c1-5-19(15-22(37)6-2)24(29)23-26(30)32-17-33-27(23)31-16-21-14-20-9-7-8-18(3)25(20)34-28(21)36-12-10-35(4)11-13-36/h5-9,14-15,17,29,37H,1,10-13,16H2,2-4H3,(H3,30,31,32,33)/b19-15+,22-6+,29-24?. The van der Waals surface area contributed by atoms with Crippen LogP contribution in [0.15, 0.2) is 66.7 Å². The Bertz CT molecular complexity index is 1390. The number of anilines is 3. The number of pyridine rings is 1. The lowest BCUT2D eigenvalue weighted by Crippen LogP contribution is -2.45. The third-order valence-corrected chi connectivity index (χ3v) is 6.59. The zero-order valence-corrected chi connectivity index (χ0v) is 21.6. The van der Waals surface area contributed by atoms with E-state index in [1.165, 1.54) is 24.6 Å². The highest BCUT2D eigenvalue weighted by atomic mass is 16.3. The minimum absolute atomic E-state index is 0.0268. The van der Waals surface area contributed by atoms with Gasteiger partial charge in [0.05, 0.1) is 16.8 Å². The first kappa shape index (κ1) is 25.8. The summed E-state index contributed by atoms with van der Waals surface area (Å²) in [5, 5.41) is 23.2. The molecule has 4 rings (SSSR count). The summed E-state index contributed by atoms with van der Waals surface area (Å²) in [6.07, 6.45) is 5.87. The van der Waals surface area contributed by atoms with Crippen LogP contribution in [-0.4, -0.2) is 63.9 Å². The molecule has 0 atom stereocenters. The highest BCUT2D eigenvalue weighted by molar-refractivity contribution is 6.17. The average Bonchev–Trinajstić information content (AvgIpc) is 2.90. The number of hydrogen-bond donors (Lipinski definition) is 4. The lowest BCUT2D eigenvalue weighted by Gasteiger charge is -2.34. The van der Waals surface area contributed by atoms with Crippen molar-refractivity contribution >= 4 is 34.1 Å². The zero-order chi connectivity index (χ0) is 26.5. The fourth-order valence-electron chi connectivity index (χ4n) is 4.38. The van der Waals surface area contributed by atoms with Crippen molar-refractivity contribution in [1.29, 1.82) is 5.41 Å². The van der Waals surface area contributed by atoms with E-state index in [9.17, 15) is 5.11 Å². The van der Waals surface area contributed by atoms with E-state index in [-0.39, 0.29) is 17.3 Å². The van der Waals surface area contributed by atoms with E-state index < -0.39 is 0 Å². The molecule has 0 unspecified atom stereocenters. The van der Waals surface area contributed by atoms with E-state index in [1.807, 2.05) is 6.07 Å². The Morgan fingerprint density at radius 3 is 2.70 bits per heavy atom. The molecular formula is C28H34N8O. The highest BCUT2D eigenvalue weighted by Crippen LogP contribution is 2.28. The number of nitrogens with zero attached hydrogens (tertiary/aromatic N) is 5. The molecule has 2 aromatic heterocycles. The molecule has 1 aromatic carbocycles. The Hall–Kier alpha value is -4.24. The number of rotatable bonds is 8. The molecule has 5 N–H and O–H groups in total. The number of aliphatic hydroxyl groups excluding tert-OH is 1. The lowest BCUT2D eigenvalue weighted by molar-refractivity contribution is 0.312. The molecule has 3 aromatic rings. The van der Waals surface area contributed by atoms with Gasteiger partial charge in [-0.1, -0.05) is 30.9 Å². The number of nitrogens with two attached hydrogens (primary N) is 1. The molecule has 1 fully saturated rings. The second-order valence-corrected chi connectivity index (χ2v) is 9.14. The minimum atomic E-state index is 0.0268. The van der Waals surface area contributed by atoms with Crippen LogP contribution in [0.2, 0.25) is 0 Å². The van der Waals surface area contributed by atoms with Gasteiger partial charge in [-0.15, -0.1) is 0 Å². The van der Waals surface area contributed by atoms with E-state index in [1.54, 1.807) is 6.92 Å². The summed E-state index contributed by atoms with van der Waals surface area (Å²) < 4.78 is 0. The highest BCUT2D eigenvalue weighted by Gasteiger charge is 2.21. The van der Waals surface area contributed by atoms with Crippen LogP contribution in [0.4, 0.5) is 17.5 Å². The van der Waals surface area contributed by atoms with E-state index in [4.69, 9.17) is 16.1 Å². The summed E-state index contributed by atoms with van der Waals surface area (Å²) in [6, 6.07) is 8.37. The molecule has 9 heteroatoms. The van der Waals surface area contributed by atoms with Crippen LogP contribution in [0.3, 0.4) is 0 Å². The fourth-order valence-corrected chi connectivity index (χ4v) is 4.38. The SMILES string of the molecule is C=C/C(=C\C(O)=C/C)C(=N)c1c(N)ncnc1NCc1cc2cccc(C)c2nc1N1CCN(C)CC1. The Morgan fingerprint density at radius 2 is 2.00 bits per heavy atom. The van der Waals surface area contributed by atoms with Crippen molar-refractivity contribution in [3.63, 3.8) is 0 Å². The number of likely N-dealkylation sites (N-methyl/N-ethyl adjacent to an activating group) is 1. The van der Waals surface area contributed by atoms with Crippen LogP contribution in [0.5, 0.6) is 0 Å². The third kappa shape index (κ3) is 5.62. The van der Waals surface area contributed by atoms with Crippen molar-refractivity contribution in [2.45, 2.75) is 20.4 Å². The number of piperazine rings is 1. The number of para-hydroxylation sites is 1. The Labute approximate surface area is 217 Å². The van der Waals surface area contributed by atoms with E-state index in [2.05, 4.69) is 63.8 Å². The van der Waals surface area contributed by atoms with Crippen molar-refractivity contribution in [3.8, 4) is 0 Å². The van der Waals surface area contributed by atoms with Gasteiger partial charge in [-0.3, -0.25) is 5.41 Å². The quantitative estimate of drug-likeness (QED) is 0.207. The van der Waals surface area contributed by atoms with Crippen LogP contribution in [0.1, 0.15) is 23.6 Å². The molecular weight excluding hydrogens is 464 g/mol. The van der Waals surface area contributed by atoms with Gasteiger partial charge in [-0.2, -0.15) is 0 Å². The number of allylic oxidation sites excluding steroid dienone is 4. The van der Waals surface area contributed by atoms with Gasteiger partial charge in [0.1, 0.15) is 29.5 Å². The number of nitrogen functional groups attached to an aromatic ring is 1. The summed E-state index contributed by atoms with van der Waals surface area (Å²) in [6.45, 7) is 11.7. The molecule has 0 spiro atoms. The molecule has 9 nitrogen and oxygen atoms in total. The molecule has 0 aliphatic carbocycles. The molecule has 1 aliphatic rings. The van der Waals surface area contributed by atoms with E-state index >= 15 is 0 Å². The number of aliphatic hydroxyl groups is 1. The smallest absolute Gasteiger partial charge is 0.141 e. The maximum atomic E-state index is 9.97. The van der Waals surface area contributed by atoms with E-state index in [0.717, 1.165) is 54.0 Å². The lowest BCUT2D eigenvalue weighted by atomic mass is 10.0. The maximum absolute atomic E-state index is 9.97. The normalized spacial score (nSPS) is 15.2. The van der Waals surface area contributed by atoms with Gasteiger partial charge in [-0.05, 0) is 44.7 Å². The number of hydrogen-bond acceptors (Lipinski definition) is 9. The summed E-state index contributed by atoms with van der Waals surface area (Å²) in [4.78, 5) is 18.3. The molecule has 1 aliphatic heterocycles. The predicted molar refractivity (Wildman–Crippen MR) is 151 cm³/mol. The Morgan fingerprint density at radius 1 is 1.24 bits per heavy atom. The van der Waals surface area contributed by atoms with Gasteiger partial charge in [0, 0.05) is 49.2 Å². The first-order valence-corrected chi connectivity index (χ1v) is 12.3. The minimum Gasteiger partial charge on any atom is -0.508 e. The van der Waals surface area contributed by atoms with Gasteiger partial charge in [0.15, 0.2) is 0 Å². The topological polar surface area (TPSA) is 127 Å². The number of benzene rings is 1. The first-order chi connectivity index (χ1) is 17.8. The van der Waals surface area contributed by atoms with Crippen molar-refractivity contribution in [1.82, 2.24) is 19.9 Å². The van der Waals surface area contributed by atoms with Gasteiger partial charge in [0.25, 0.3) is 0 Å². The van der Waals surface area contributed by atoms with Crippen molar-refractivity contribution in [2.24, 2.45) is 0 Å². The molecule has 0 amide bonds. The second kappa shape index (κ2) is 11.2. The van der Waals surface area contributed by atoms with Crippen LogP contribution in [0, 0.1) is 12.3 Å².